The molecule has 0 radical (unpaired) electrons. The van der Waals surface area contributed by atoms with Crippen LogP contribution in [0.15, 0.2) is 23.9 Å². The van der Waals surface area contributed by atoms with Gasteiger partial charge in [0.1, 0.15) is 6.67 Å². The zero-order chi connectivity index (χ0) is 13.9. The molecule has 0 spiro atoms. The Balaban J connectivity index is 2.60. The molecule has 1 aliphatic heterocycles. The van der Waals surface area contributed by atoms with Gasteiger partial charge < -0.3 is 10.0 Å². The molecule has 0 aromatic rings. The minimum atomic E-state index is -0.390. The normalized spacial score (nSPS) is 19.1. The molecule has 3 nitrogen and oxygen atoms in total. The molecule has 1 heterocycles. The molecule has 1 aliphatic rings. The van der Waals surface area contributed by atoms with Gasteiger partial charge in [-0.3, -0.25) is 4.90 Å². The van der Waals surface area contributed by atoms with Crippen molar-refractivity contribution in [3.8, 4) is 0 Å². The van der Waals surface area contributed by atoms with E-state index in [-0.39, 0.29) is 13.4 Å². The number of unbranched alkanes of at least 4 members (excludes halogenated alkanes) is 1. The Hall–Kier alpha value is -0.870. The summed E-state index contributed by atoms with van der Waals surface area (Å²) in [5, 5.41) is 9.20. The summed E-state index contributed by atoms with van der Waals surface area (Å²) < 4.78 is 12.1. The summed E-state index contributed by atoms with van der Waals surface area (Å²) in [7, 11) is 0. The van der Waals surface area contributed by atoms with Crippen LogP contribution in [0.5, 0.6) is 0 Å². The van der Waals surface area contributed by atoms with E-state index in [2.05, 4.69) is 22.8 Å². The number of alkyl halides is 1. The molecular formula is C15H27FN2O. The van der Waals surface area contributed by atoms with Gasteiger partial charge in [0.15, 0.2) is 0 Å². The minimum absolute atomic E-state index is 0.142. The van der Waals surface area contributed by atoms with Crippen LogP contribution in [0, 0.1) is 0 Å². The Morgan fingerprint density at radius 3 is 2.74 bits per heavy atom. The lowest BCUT2D eigenvalue weighted by atomic mass is 10.2. The van der Waals surface area contributed by atoms with E-state index < -0.39 is 0 Å². The maximum atomic E-state index is 12.1. The second kappa shape index (κ2) is 9.98. The van der Waals surface area contributed by atoms with Crippen molar-refractivity contribution in [1.82, 2.24) is 9.80 Å². The van der Waals surface area contributed by atoms with Gasteiger partial charge in [0.2, 0.25) is 0 Å². The number of nitrogens with zero attached hydrogens (tertiary/aromatic N) is 2. The molecule has 0 amide bonds. The molecule has 0 bridgehead atoms. The first kappa shape index (κ1) is 16.2. The average Bonchev–Trinajstić information content (AvgIpc) is 2.68. The SMILES string of the molecule is CCC/C=C(\C/C=C\CF)N1CCCN(CO)CC1. The maximum Gasteiger partial charge on any atom is 0.108 e. The van der Waals surface area contributed by atoms with Crippen LogP contribution in [-0.4, -0.2) is 54.5 Å². The molecule has 0 aromatic heterocycles. The van der Waals surface area contributed by atoms with Gasteiger partial charge in [-0.05, 0) is 12.8 Å². The number of hydrogen-bond donors (Lipinski definition) is 1. The van der Waals surface area contributed by atoms with E-state index in [9.17, 15) is 9.50 Å². The Bertz CT molecular complexity index is 292. The third-order valence-electron chi connectivity index (χ3n) is 3.45. The van der Waals surface area contributed by atoms with Crippen LogP contribution < -0.4 is 0 Å². The van der Waals surface area contributed by atoms with Crippen LogP contribution in [0.3, 0.4) is 0 Å². The summed E-state index contributed by atoms with van der Waals surface area (Å²) in [5.74, 6) is 0. The molecule has 1 fully saturated rings. The Morgan fingerprint density at radius 1 is 1.21 bits per heavy atom. The largest absolute Gasteiger partial charge is 0.381 e. The van der Waals surface area contributed by atoms with E-state index in [0.29, 0.717) is 0 Å². The number of halogens is 1. The second-order valence-electron chi connectivity index (χ2n) is 4.91. The van der Waals surface area contributed by atoms with E-state index in [4.69, 9.17) is 0 Å². The first-order chi connectivity index (χ1) is 9.31. The van der Waals surface area contributed by atoms with Gasteiger partial charge in [-0.1, -0.05) is 31.6 Å². The molecule has 1 rings (SSSR count). The van der Waals surface area contributed by atoms with Gasteiger partial charge in [-0.25, -0.2) is 4.39 Å². The topological polar surface area (TPSA) is 26.7 Å². The summed E-state index contributed by atoms with van der Waals surface area (Å²) >= 11 is 0. The molecule has 1 saturated heterocycles. The van der Waals surface area contributed by atoms with Crippen molar-refractivity contribution in [2.75, 3.05) is 39.6 Å². The highest BCUT2D eigenvalue weighted by Crippen LogP contribution is 2.15. The summed E-state index contributed by atoms with van der Waals surface area (Å²) in [6.07, 6.45) is 9.84. The molecule has 0 atom stereocenters. The fourth-order valence-corrected chi connectivity index (χ4v) is 2.32. The van der Waals surface area contributed by atoms with Gasteiger partial charge in [-0.15, -0.1) is 0 Å². The first-order valence-corrected chi connectivity index (χ1v) is 7.30. The average molecular weight is 270 g/mol. The van der Waals surface area contributed by atoms with Gasteiger partial charge in [0.25, 0.3) is 0 Å². The van der Waals surface area contributed by atoms with Crippen molar-refractivity contribution < 1.29 is 9.50 Å². The van der Waals surface area contributed by atoms with E-state index in [1.54, 1.807) is 6.08 Å². The lowest BCUT2D eigenvalue weighted by Gasteiger charge is -2.25. The van der Waals surface area contributed by atoms with Crippen LogP contribution in [0.1, 0.15) is 32.6 Å². The highest BCUT2D eigenvalue weighted by molar-refractivity contribution is 5.07. The zero-order valence-corrected chi connectivity index (χ0v) is 12.0. The second-order valence-corrected chi connectivity index (χ2v) is 4.91. The fourth-order valence-electron chi connectivity index (χ4n) is 2.32. The van der Waals surface area contributed by atoms with Gasteiger partial charge in [0.05, 0.1) is 6.73 Å². The molecule has 110 valence electrons. The highest BCUT2D eigenvalue weighted by atomic mass is 19.1. The third kappa shape index (κ3) is 6.21. The van der Waals surface area contributed by atoms with Crippen LogP contribution in [0.25, 0.3) is 0 Å². The summed E-state index contributed by atoms with van der Waals surface area (Å²) in [5.41, 5.74) is 1.30. The molecule has 0 saturated carbocycles. The third-order valence-corrected chi connectivity index (χ3v) is 3.45. The predicted octanol–water partition coefficient (Wildman–Crippen LogP) is 2.54. The fraction of sp³-hybridized carbons (Fsp3) is 0.733. The molecule has 0 aromatic carbocycles. The van der Waals surface area contributed by atoms with Crippen molar-refractivity contribution in [1.29, 1.82) is 0 Å². The number of rotatable bonds is 7. The van der Waals surface area contributed by atoms with Crippen molar-refractivity contribution in [3.63, 3.8) is 0 Å². The molecule has 0 unspecified atom stereocenters. The molecule has 0 aliphatic carbocycles. The van der Waals surface area contributed by atoms with Crippen LogP contribution in [-0.2, 0) is 0 Å². The quantitative estimate of drug-likeness (QED) is 0.720. The van der Waals surface area contributed by atoms with E-state index >= 15 is 0 Å². The van der Waals surface area contributed by atoms with Crippen molar-refractivity contribution in [2.24, 2.45) is 0 Å². The molecular weight excluding hydrogens is 243 g/mol. The smallest absolute Gasteiger partial charge is 0.108 e. The number of aliphatic hydroxyl groups is 1. The molecule has 1 N–H and O–H groups in total. The number of aliphatic hydroxyl groups excluding tert-OH is 1. The Kier molecular flexibility index (Phi) is 8.50. The highest BCUT2D eigenvalue weighted by Gasteiger charge is 2.15. The van der Waals surface area contributed by atoms with E-state index in [1.807, 2.05) is 6.08 Å². The van der Waals surface area contributed by atoms with Crippen molar-refractivity contribution >= 4 is 0 Å². The standard InChI is InChI=1S/C15H27FN2O/c1-2-3-7-15(8-4-5-9-16)18-11-6-10-17(14-19)12-13-18/h4-5,7,19H,2-3,6,8-14H2,1H3/b5-4-,15-7+. The monoisotopic (exact) mass is 270 g/mol. The van der Waals surface area contributed by atoms with Gasteiger partial charge in [-0.2, -0.15) is 0 Å². The Morgan fingerprint density at radius 2 is 2.05 bits per heavy atom. The van der Waals surface area contributed by atoms with Crippen molar-refractivity contribution in [2.45, 2.75) is 32.6 Å². The van der Waals surface area contributed by atoms with Crippen LogP contribution >= 0.6 is 0 Å². The summed E-state index contributed by atoms with van der Waals surface area (Å²) in [6.45, 7) is 5.74. The van der Waals surface area contributed by atoms with Crippen LogP contribution in [0.2, 0.25) is 0 Å². The minimum Gasteiger partial charge on any atom is -0.381 e. The number of hydrogen-bond acceptors (Lipinski definition) is 3. The lowest BCUT2D eigenvalue weighted by Crippen LogP contribution is -2.31. The van der Waals surface area contributed by atoms with Gasteiger partial charge in [0, 0.05) is 38.3 Å². The Labute approximate surface area is 116 Å². The molecule has 4 heteroatoms. The summed E-state index contributed by atoms with van der Waals surface area (Å²) in [6, 6.07) is 0. The van der Waals surface area contributed by atoms with E-state index in [0.717, 1.165) is 51.9 Å². The maximum absolute atomic E-state index is 12.1. The molecule has 19 heavy (non-hydrogen) atoms. The summed E-state index contributed by atoms with van der Waals surface area (Å²) in [4.78, 5) is 4.45. The predicted molar refractivity (Wildman–Crippen MR) is 77.6 cm³/mol. The first-order valence-electron chi connectivity index (χ1n) is 7.30. The van der Waals surface area contributed by atoms with Gasteiger partial charge >= 0.3 is 0 Å². The van der Waals surface area contributed by atoms with Crippen molar-refractivity contribution in [3.05, 3.63) is 23.9 Å². The zero-order valence-electron chi connectivity index (χ0n) is 12.0. The number of allylic oxidation sites excluding steroid dienone is 3. The lowest BCUT2D eigenvalue weighted by molar-refractivity contribution is 0.112. The van der Waals surface area contributed by atoms with Crippen LogP contribution in [0.4, 0.5) is 4.39 Å². The van der Waals surface area contributed by atoms with E-state index in [1.165, 1.54) is 5.70 Å².